The highest BCUT2D eigenvalue weighted by atomic mass is 16.1. The summed E-state index contributed by atoms with van der Waals surface area (Å²) in [6, 6.07) is 3.77. The Kier molecular flexibility index (Phi) is 3.19. The molecule has 2 rings (SSSR count). The van der Waals surface area contributed by atoms with Gasteiger partial charge >= 0.3 is 0 Å². The first-order valence-corrected chi connectivity index (χ1v) is 5.61. The van der Waals surface area contributed by atoms with Crippen LogP contribution in [0.4, 0.5) is 5.69 Å². The lowest BCUT2D eigenvalue weighted by molar-refractivity contribution is -0.121. The molecule has 1 aliphatic heterocycles. The predicted octanol–water partition coefficient (Wildman–Crippen LogP) is 1.18. The van der Waals surface area contributed by atoms with Crippen molar-refractivity contribution < 1.29 is 4.79 Å². The summed E-state index contributed by atoms with van der Waals surface area (Å²) >= 11 is 0. The van der Waals surface area contributed by atoms with Crippen molar-refractivity contribution in [3.05, 3.63) is 24.0 Å². The molecule has 1 aromatic rings. The van der Waals surface area contributed by atoms with Crippen molar-refractivity contribution >= 4 is 11.6 Å². The number of aryl methyl sites for hydroxylation is 1. The topological polar surface area (TPSA) is 54.0 Å². The van der Waals surface area contributed by atoms with Gasteiger partial charge in [0.15, 0.2) is 0 Å². The van der Waals surface area contributed by atoms with E-state index in [-0.39, 0.29) is 11.8 Å². The molecular formula is C12H17N3O. The van der Waals surface area contributed by atoms with Crippen molar-refractivity contribution in [3.63, 3.8) is 0 Å². The highest BCUT2D eigenvalue weighted by Gasteiger charge is 2.28. The van der Waals surface area contributed by atoms with Gasteiger partial charge in [0, 0.05) is 11.6 Å². The SMILES string of the molecule is Cc1ccc(NC(=O)C(C)C2CNC2)cn1. The van der Waals surface area contributed by atoms with E-state index < -0.39 is 0 Å². The Morgan fingerprint density at radius 1 is 1.56 bits per heavy atom. The number of pyridine rings is 1. The fraction of sp³-hybridized carbons (Fsp3) is 0.500. The van der Waals surface area contributed by atoms with E-state index in [9.17, 15) is 4.79 Å². The average molecular weight is 219 g/mol. The van der Waals surface area contributed by atoms with E-state index in [2.05, 4.69) is 15.6 Å². The number of carbonyl (C=O) groups excluding carboxylic acids is 1. The van der Waals surface area contributed by atoms with Crippen LogP contribution in [0, 0.1) is 18.8 Å². The van der Waals surface area contributed by atoms with Gasteiger partial charge in [-0.25, -0.2) is 0 Å². The van der Waals surface area contributed by atoms with Gasteiger partial charge in [0.05, 0.1) is 11.9 Å². The molecule has 2 N–H and O–H groups in total. The number of carbonyl (C=O) groups is 1. The number of nitrogens with zero attached hydrogens (tertiary/aromatic N) is 1. The van der Waals surface area contributed by atoms with Crippen LogP contribution in [0.15, 0.2) is 18.3 Å². The van der Waals surface area contributed by atoms with E-state index in [1.165, 1.54) is 0 Å². The second-order valence-electron chi connectivity index (χ2n) is 4.38. The molecule has 4 nitrogen and oxygen atoms in total. The number of aromatic nitrogens is 1. The first-order chi connectivity index (χ1) is 7.66. The van der Waals surface area contributed by atoms with Crippen LogP contribution in [0.1, 0.15) is 12.6 Å². The van der Waals surface area contributed by atoms with Gasteiger partial charge in [0.2, 0.25) is 5.91 Å². The summed E-state index contributed by atoms with van der Waals surface area (Å²) in [4.78, 5) is 16.0. The van der Waals surface area contributed by atoms with Gasteiger partial charge in [-0.05, 0) is 38.1 Å². The molecule has 1 unspecified atom stereocenters. The Hall–Kier alpha value is -1.42. The van der Waals surface area contributed by atoms with Gasteiger partial charge in [-0.1, -0.05) is 6.92 Å². The smallest absolute Gasteiger partial charge is 0.227 e. The lowest BCUT2D eigenvalue weighted by Gasteiger charge is -2.31. The van der Waals surface area contributed by atoms with Crippen molar-refractivity contribution in [2.75, 3.05) is 18.4 Å². The summed E-state index contributed by atoms with van der Waals surface area (Å²) in [6.07, 6.45) is 1.69. The predicted molar refractivity (Wildman–Crippen MR) is 63.1 cm³/mol. The molecule has 1 atom stereocenters. The van der Waals surface area contributed by atoms with Gasteiger partial charge < -0.3 is 10.6 Å². The number of nitrogens with one attached hydrogen (secondary N) is 2. The molecule has 1 aliphatic rings. The molecule has 0 bridgehead atoms. The molecule has 86 valence electrons. The summed E-state index contributed by atoms with van der Waals surface area (Å²) in [5, 5.41) is 6.06. The molecule has 1 saturated heterocycles. The molecular weight excluding hydrogens is 202 g/mol. The molecule has 16 heavy (non-hydrogen) atoms. The van der Waals surface area contributed by atoms with Crippen molar-refractivity contribution in [1.29, 1.82) is 0 Å². The molecule has 0 saturated carbocycles. The molecule has 1 fully saturated rings. The number of anilines is 1. The van der Waals surface area contributed by atoms with Crippen LogP contribution in [0.2, 0.25) is 0 Å². The third-order valence-corrected chi connectivity index (χ3v) is 3.11. The number of rotatable bonds is 3. The molecule has 2 heterocycles. The lowest BCUT2D eigenvalue weighted by atomic mass is 9.88. The van der Waals surface area contributed by atoms with Gasteiger partial charge in [-0.3, -0.25) is 9.78 Å². The maximum absolute atomic E-state index is 11.9. The van der Waals surface area contributed by atoms with Crippen molar-refractivity contribution in [1.82, 2.24) is 10.3 Å². The van der Waals surface area contributed by atoms with Crippen LogP contribution in [0.25, 0.3) is 0 Å². The Morgan fingerprint density at radius 3 is 2.81 bits per heavy atom. The summed E-state index contributed by atoms with van der Waals surface area (Å²) in [5.74, 6) is 0.609. The average Bonchev–Trinajstić information content (AvgIpc) is 2.19. The Labute approximate surface area is 95.5 Å². The zero-order valence-electron chi connectivity index (χ0n) is 9.66. The minimum absolute atomic E-state index is 0.0579. The van der Waals surface area contributed by atoms with E-state index in [1.54, 1.807) is 6.20 Å². The molecule has 1 aromatic heterocycles. The van der Waals surface area contributed by atoms with E-state index in [0.717, 1.165) is 24.5 Å². The second kappa shape index (κ2) is 4.61. The zero-order valence-corrected chi connectivity index (χ0v) is 9.66. The van der Waals surface area contributed by atoms with Crippen LogP contribution in [0.5, 0.6) is 0 Å². The van der Waals surface area contributed by atoms with Crippen LogP contribution >= 0.6 is 0 Å². The minimum Gasteiger partial charge on any atom is -0.324 e. The Bertz CT molecular complexity index is 370. The van der Waals surface area contributed by atoms with Crippen LogP contribution in [-0.2, 0) is 4.79 Å². The largest absolute Gasteiger partial charge is 0.324 e. The normalized spacial score (nSPS) is 17.6. The minimum atomic E-state index is 0.0579. The number of amides is 1. The summed E-state index contributed by atoms with van der Waals surface area (Å²) in [7, 11) is 0. The third-order valence-electron chi connectivity index (χ3n) is 3.11. The molecule has 0 spiro atoms. The molecule has 0 radical (unpaired) electrons. The van der Waals surface area contributed by atoms with Crippen LogP contribution in [0.3, 0.4) is 0 Å². The van der Waals surface area contributed by atoms with Gasteiger partial charge in [0.1, 0.15) is 0 Å². The fourth-order valence-electron chi connectivity index (χ4n) is 1.68. The summed E-state index contributed by atoms with van der Waals surface area (Å²) < 4.78 is 0. The van der Waals surface area contributed by atoms with Gasteiger partial charge in [0.25, 0.3) is 0 Å². The monoisotopic (exact) mass is 219 g/mol. The van der Waals surface area contributed by atoms with E-state index >= 15 is 0 Å². The number of hydrogen-bond donors (Lipinski definition) is 2. The highest BCUT2D eigenvalue weighted by molar-refractivity contribution is 5.92. The Balaban J connectivity index is 1.93. The van der Waals surface area contributed by atoms with E-state index in [1.807, 2.05) is 26.0 Å². The van der Waals surface area contributed by atoms with Crippen molar-refractivity contribution in [2.24, 2.45) is 11.8 Å². The summed E-state index contributed by atoms with van der Waals surface area (Å²) in [6.45, 7) is 5.79. The Morgan fingerprint density at radius 2 is 2.31 bits per heavy atom. The molecule has 0 aliphatic carbocycles. The number of hydrogen-bond acceptors (Lipinski definition) is 3. The quantitative estimate of drug-likeness (QED) is 0.802. The van der Waals surface area contributed by atoms with E-state index in [4.69, 9.17) is 0 Å². The first-order valence-electron chi connectivity index (χ1n) is 5.61. The summed E-state index contributed by atoms with van der Waals surface area (Å²) in [5.41, 5.74) is 1.73. The van der Waals surface area contributed by atoms with Gasteiger partial charge in [-0.15, -0.1) is 0 Å². The standard InChI is InChI=1S/C12H17N3O/c1-8-3-4-11(7-14-8)15-12(16)9(2)10-5-13-6-10/h3-4,7,9-10,13H,5-6H2,1-2H3,(H,15,16). The van der Waals surface area contributed by atoms with Crippen LogP contribution in [-0.4, -0.2) is 24.0 Å². The highest BCUT2D eigenvalue weighted by Crippen LogP contribution is 2.18. The van der Waals surface area contributed by atoms with Crippen molar-refractivity contribution in [2.45, 2.75) is 13.8 Å². The fourth-order valence-corrected chi connectivity index (χ4v) is 1.68. The van der Waals surface area contributed by atoms with Crippen LogP contribution < -0.4 is 10.6 Å². The van der Waals surface area contributed by atoms with Crippen molar-refractivity contribution in [3.8, 4) is 0 Å². The molecule has 4 heteroatoms. The van der Waals surface area contributed by atoms with Gasteiger partial charge in [-0.2, -0.15) is 0 Å². The molecule has 0 aromatic carbocycles. The lowest BCUT2D eigenvalue weighted by Crippen LogP contribution is -2.48. The zero-order chi connectivity index (χ0) is 11.5. The second-order valence-corrected chi connectivity index (χ2v) is 4.38. The maximum atomic E-state index is 11.9. The third kappa shape index (κ3) is 2.39. The molecule has 1 amide bonds. The maximum Gasteiger partial charge on any atom is 0.227 e. The van der Waals surface area contributed by atoms with E-state index in [0.29, 0.717) is 5.92 Å². The first kappa shape index (κ1) is 11.1.